The normalized spacial score (nSPS) is 12.5. The molecule has 7 nitrogen and oxygen atoms in total. The Labute approximate surface area is 105 Å². The van der Waals surface area contributed by atoms with E-state index in [1.54, 1.807) is 6.92 Å². The Hall–Kier alpha value is -1.92. The second kappa shape index (κ2) is 5.61. The minimum absolute atomic E-state index is 0.0363. The summed E-state index contributed by atoms with van der Waals surface area (Å²) in [5.74, 6) is -1.29. The average Bonchev–Trinajstić information content (AvgIpc) is 2.71. The quantitative estimate of drug-likeness (QED) is 0.762. The Morgan fingerprint density at radius 3 is 2.44 bits per heavy atom. The number of amides is 1. The van der Waals surface area contributed by atoms with Crippen LogP contribution in [0.3, 0.4) is 0 Å². The van der Waals surface area contributed by atoms with Gasteiger partial charge in [0.2, 0.25) is 5.91 Å². The maximum Gasteiger partial charge on any atom is 0.360 e. The van der Waals surface area contributed by atoms with Crippen molar-refractivity contribution in [2.75, 3.05) is 7.11 Å². The Morgan fingerprint density at radius 2 is 2.00 bits per heavy atom. The second-order valence-electron chi connectivity index (χ2n) is 4.46. The molecule has 1 aromatic rings. The number of esters is 1. The Balaban J connectivity index is 3.10. The van der Waals surface area contributed by atoms with E-state index in [0.29, 0.717) is 12.2 Å². The molecule has 0 aliphatic rings. The van der Waals surface area contributed by atoms with Crippen molar-refractivity contribution < 1.29 is 14.3 Å². The summed E-state index contributed by atoms with van der Waals surface area (Å²) in [6.07, 6.45) is 0. The number of carbonyl (C=O) groups excluding carboxylic acids is 2. The molecule has 1 heterocycles. The summed E-state index contributed by atoms with van der Waals surface area (Å²) in [5, 5.41) is 7.69. The third-order valence-electron chi connectivity index (χ3n) is 2.63. The lowest BCUT2D eigenvalue weighted by Gasteiger charge is -2.12. The first-order valence-electron chi connectivity index (χ1n) is 5.69. The van der Waals surface area contributed by atoms with Gasteiger partial charge in [0.25, 0.3) is 0 Å². The predicted octanol–water partition coefficient (Wildman–Crippen LogP) is 0.309. The number of hydrogen-bond donors (Lipinski definition) is 1. The van der Waals surface area contributed by atoms with Crippen molar-refractivity contribution in [2.24, 2.45) is 11.7 Å². The number of carbonyl (C=O) groups is 2. The highest BCUT2D eigenvalue weighted by atomic mass is 16.5. The van der Waals surface area contributed by atoms with Crippen molar-refractivity contribution in [3.05, 3.63) is 11.4 Å². The van der Waals surface area contributed by atoms with E-state index in [2.05, 4.69) is 15.0 Å². The molecule has 2 N–H and O–H groups in total. The zero-order chi connectivity index (χ0) is 13.9. The van der Waals surface area contributed by atoms with Gasteiger partial charge in [0.1, 0.15) is 0 Å². The van der Waals surface area contributed by atoms with Crippen LogP contribution in [0.2, 0.25) is 0 Å². The van der Waals surface area contributed by atoms with E-state index in [4.69, 9.17) is 5.73 Å². The number of aromatic nitrogens is 3. The molecule has 0 saturated heterocycles. The van der Waals surface area contributed by atoms with E-state index in [0.717, 1.165) is 0 Å². The number of methoxy groups -OCH3 is 1. The molecule has 0 radical (unpaired) electrons. The molecule has 1 rings (SSSR count). The van der Waals surface area contributed by atoms with E-state index in [1.165, 1.54) is 11.8 Å². The highest BCUT2D eigenvalue weighted by Crippen LogP contribution is 2.19. The lowest BCUT2D eigenvalue weighted by molar-refractivity contribution is -0.121. The SMILES string of the molecule is COC(=O)c1nnn(CC(C)C(N)=O)c1C(C)C. The first-order valence-corrected chi connectivity index (χ1v) is 5.69. The van der Waals surface area contributed by atoms with Crippen LogP contribution in [0.15, 0.2) is 0 Å². The molecule has 0 saturated carbocycles. The van der Waals surface area contributed by atoms with Gasteiger partial charge in [-0.05, 0) is 5.92 Å². The van der Waals surface area contributed by atoms with Crippen LogP contribution in [0.5, 0.6) is 0 Å². The third-order valence-corrected chi connectivity index (χ3v) is 2.63. The van der Waals surface area contributed by atoms with E-state index in [-0.39, 0.29) is 17.5 Å². The molecule has 7 heteroatoms. The van der Waals surface area contributed by atoms with Gasteiger partial charge in [0, 0.05) is 0 Å². The fourth-order valence-electron chi connectivity index (χ4n) is 1.62. The van der Waals surface area contributed by atoms with Gasteiger partial charge >= 0.3 is 5.97 Å². The maximum absolute atomic E-state index is 11.5. The lowest BCUT2D eigenvalue weighted by atomic mass is 10.1. The molecule has 0 bridgehead atoms. The van der Waals surface area contributed by atoms with Gasteiger partial charge in [-0.15, -0.1) is 5.10 Å². The molecule has 100 valence electrons. The van der Waals surface area contributed by atoms with Gasteiger partial charge in [0.05, 0.1) is 25.3 Å². The van der Waals surface area contributed by atoms with Gasteiger partial charge in [0.15, 0.2) is 5.69 Å². The zero-order valence-corrected chi connectivity index (χ0v) is 11.0. The first kappa shape index (κ1) is 14.1. The molecular formula is C11H18N4O3. The van der Waals surface area contributed by atoms with E-state index in [1.807, 2.05) is 13.8 Å². The monoisotopic (exact) mass is 254 g/mol. The summed E-state index contributed by atoms with van der Waals surface area (Å²) >= 11 is 0. The topological polar surface area (TPSA) is 100 Å². The van der Waals surface area contributed by atoms with Crippen LogP contribution in [0.4, 0.5) is 0 Å². The molecule has 1 unspecified atom stereocenters. The van der Waals surface area contributed by atoms with Crippen molar-refractivity contribution >= 4 is 11.9 Å². The average molecular weight is 254 g/mol. The largest absolute Gasteiger partial charge is 0.464 e. The molecule has 1 amide bonds. The van der Waals surface area contributed by atoms with E-state index >= 15 is 0 Å². The summed E-state index contributed by atoms with van der Waals surface area (Å²) in [6.45, 7) is 5.83. The van der Waals surface area contributed by atoms with Crippen LogP contribution in [0.1, 0.15) is 42.9 Å². The Kier molecular flexibility index (Phi) is 4.41. The molecule has 1 atom stereocenters. The number of nitrogens with two attached hydrogens (primary N) is 1. The van der Waals surface area contributed by atoms with Gasteiger partial charge < -0.3 is 10.5 Å². The fraction of sp³-hybridized carbons (Fsp3) is 0.636. The van der Waals surface area contributed by atoms with Crippen molar-refractivity contribution in [1.29, 1.82) is 0 Å². The molecular weight excluding hydrogens is 236 g/mol. The molecule has 0 aliphatic heterocycles. The van der Waals surface area contributed by atoms with Gasteiger partial charge in [-0.2, -0.15) is 0 Å². The Bertz CT molecular complexity index is 453. The zero-order valence-electron chi connectivity index (χ0n) is 11.0. The van der Waals surface area contributed by atoms with Crippen LogP contribution >= 0.6 is 0 Å². The first-order chi connectivity index (χ1) is 8.38. The summed E-state index contributed by atoms with van der Waals surface area (Å²) < 4.78 is 6.18. The van der Waals surface area contributed by atoms with Gasteiger partial charge in [-0.25, -0.2) is 9.48 Å². The molecule has 0 fully saturated rings. The summed E-state index contributed by atoms with van der Waals surface area (Å²) in [5.41, 5.74) is 6.04. The second-order valence-corrected chi connectivity index (χ2v) is 4.46. The van der Waals surface area contributed by atoms with Crippen LogP contribution in [-0.2, 0) is 16.1 Å². The van der Waals surface area contributed by atoms with Crippen LogP contribution in [0, 0.1) is 5.92 Å². The number of nitrogens with zero attached hydrogens (tertiary/aromatic N) is 3. The molecule has 0 aliphatic carbocycles. The maximum atomic E-state index is 11.5. The van der Waals surface area contributed by atoms with Crippen molar-refractivity contribution in [1.82, 2.24) is 15.0 Å². The van der Waals surface area contributed by atoms with Crippen LogP contribution in [0.25, 0.3) is 0 Å². The smallest absolute Gasteiger partial charge is 0.360 e. The van der Waals surface area contributed by atoms with E-state index in [9.17, 15) is 9.59 Å². The molecule has 1 aromatic heterocycles. The number of hydrogen-bond acceptors (Lipinski definition) is 5. The summed E-state index contributed by atoms with van der Waals surface area (Å²) in [7, 11) is 1.29. The van der Waals surface area contributed by atoms with Crippen LogP contribution in [-0.4, -0.2) is 34.0 Å². The minimum Gasteiger partial charge on any atom is -0.464 e. The fourth-order valence-corrected chi connectivity index (χ4v) is 1.62. The number of rotatable bonds is 5. The molecule has 18 heavy (non-hydrogen) atoms. The van der Waals surface area contributed by atoms with Crippen molar-refractivity contribution in [2.45, 2.75) is 33.2 Å². The predicted molar refractivity (Wildman–Crippen MR) is 63.8 cm³/mol. The van der Waals surface area contributed by atoms with Gasteiger partial charge in [-0.1, -0.05) is 26.0 Å². The highest BCUT2D eigenvalue weighted by molar-refractivity contribution is 5.88. The number of primary amides is 1. The van der Waals surface area contributed by atoms with Crippen LogP contribution < -0.4 is 5.73 Å². The summed E-state index contributed by atoms with van der Waals surface area (Å²) in [6, 6.07) is 0. The number of ether oxygens (including phenoxy) is 1. The molecule has 0 spiro atoms. The van der Waals surface area contributed by atoms with E-state index < -0.39 is 11.9 Å². The van der Waals surface area contributed by atoms with Crippen molar-refractivity contribution in [3.8, 4) is 0 Å². The minimum atomic E-state index is -0.531. The Morgan fingerprint density at radius 1 is 1.39 bits per heavy atom. The van der Waals surface area contributed by atoms with Gasteiger partial charge in [-0.3, -0.25) is 4.79 Å². The summed E-state index contributed by atoms with van der Waals surface area (Å²) in [4.78, 5) is 22.6. The lowest BCUT2D eigenvalue weighted by Crippen LogP contribution is -2.26. The highest BCUT2D eigenvalue weighted by Gasteiger charge is 2.24. The standard InChI is InChI=1S/C11H18N4O3/c1-6(2)9-8(11(17)18-4)13-14-15(9)5-7(3)10(12)16/h6-7H,5H2,1-4H3,(H2,12,16). The van der Waals surface area contributed by atoms with Crippen molar-refractivity contribution in [3.63, 3.8) is 0 Å². The molecule has 0 aromatic carbocycles. The third kappa shape index (κ3) is 2.85.